The number of hydrogen-bond donors (Lipinski definition) is 1. The van der Waals surface area contributed by atoms with Crippen molar-refractivity contribution in [1.29, 1.82) is 0 Å². The van der Waals surface area contributed by atoms with Gasteiger partial charge in [-0.3, -0.25) is 9.36 Å². The van der Waals surface area contributed by atoms with E-state index >= 15 is 0 Å². The maximum absolute atomic E-state index is 13.4. The molecule has 2 heterocycles. The Labute approximate surface area is 220 Å². The zero-order valence-corrected chi connectivity index (χ0v) is 21.9. The van der Waals surface area contributed by atoms with Gasteiger partial charge in [0.05, 0.1) is 22.9 Å². The number of aromatic nitrogens is 3. The van der Waals surface area contributed by atoms with E-state index in [1.54, 1.807) is 17.6 Å². The minimum Gasteiger partial charge on any atom is -0.486 e. The first-order chi connectivity index (χ1) is 17.4. The zero-order chi connectivity index (χ0) is 25.7. The Kier molecular flexibility index (Phi) is 8.65. The highest BCUT2D eigenvalue weighted by atomic mass is 35.5. The molecule has 0 saturated carbocycles. The number of hydrogen-bond acceptors (Lipinski definition) is 8. The number of aryl methyl sites for hydroxylation is 1. The van der Waals surface area contributed by atoms with Gasteiger partial charge in [-0.2, -0.15) is 0 Å². The van der Waals surface area contributed by atoms with Gasteiger partial charge in [0, 0.05) is 17.5 Å². The number of nitrogens with zero attached hydrogens (tertiary/aromatic N) is 3. The lowest BCUT2D eigenvalue weighted by Crippen LogP contribution is -2.17. The third-order valence-electron chi connectivity index (χ3n) is 5.35. The lowest BCUT2D eigenvalue weighted by Gasteiger charge is -2.10. The maximum atomic E-state index is 13.4. The lowest BCUT2D eigenvalue weighted by molar-refractivity contribution is -0.113. The van der Waals surface area contributed by atoms with Crippen LogP contribution in [-0.4, -0.2) is 39.0 Å². The number of thiophene rings is 1. The summed E-state index contributed by atoms with van der Waals surface area (Å²) in [6.07, 6.45) is 4.39. The van der Waals surface area contributed by atoms with Crippen LogP contribution in [0.3, 0.4) is 0 Å². The van der Waals surface area contributed by atoms with E-state index < -0.39 is 11.8 Å². The predicted molar refractivity (Wildman–Crippen MR) is 138 cm³/mol. The van der Waals surface area contributed by atoms with Gasteiger partial charge in [0.15, 0.2) is 11.0 Å². The van der Waals surface area contributed by atoms with E-state index in [4.69, 9.17) is 21.1 Å². The van der Waals surface area contributed by atoms with E-state index in [2.05, 4.69) is 22.1 Å². The van der Waals surface area contributed by atoms with Crippen molar-refractivity contribution in [3.63, 3.8) is 0 Å². The second-order valence-corrected chi connectivity index (χ2v) is 10.2. The Morgan fingerprint density at radius 3 is 2.94 bits per heavy atom. The number of esters is 1. The van der Waals surface area contributed by atoms with Gasteiger partial charge in [-0.1, -0.05) is 29.4 Å². The molecule has 0 fully saturated rings. The molecule has 0 aliphatic heterocycles. The van der Waals surface area contributed by atoms with Crippen molar-refractivity contribution in [3.05, 3.63) is 63.5 Å². The van der Waals surface area contributed by atoms with Crippen molar-refractivity contribution in [2.45, 2.75) is 44.5 Å². The highest BCUT2D eigenvalue weighted by Gasteiger charge is 2.28. The summed E-state index contributed by atoms with van der Waals surface area (Å²) in [6.45, 7) is 6.27. The predicted octanol–water partition coefficient (Wildman–Crippen LogP) is 5.29. The molecule has 0 bridgehead atoms. The van der Waals surface area contributed by atoms with E-state index in [9.17, 15) is 14.0 Å². The van der Waals surface area contributed by atoms with Crippen LogP contribution in [0.1, 0.15) is 40.0 Å². The number of nitrogens with one attached hydrogen (secondary N) is 1. The molecule has 8 nitrogen and oxygen atoms in total. The van der Waals surface area contributed by atoms with Gasteiger partial charge in [0.1, 0.15) is 23.2 Å². The molecular weight excluding hydrogens is 527 g/mol. The number of allylic oxidation sites excluding steroid dienone is 1. The molecule has 36 heavy (non-hydrogen) atoms. The van der Waals surface area contributed by atoms with Crippen LogP contribution in [0.25, 0.3) is 0 Å². The van der Waals surface area contributed by atoms with Gasteiger partial charge in [0.2, 0.25) is 5.91 Å². The van der Waals surface area contributed by atoms with Crippen molar-refractivity contribution in [2.75, 3.05) is 17.7 Å². The fourth-order valence-electron chi connectivity index (χ4n) is 3.76. The maximum Gasteiger partial charge on any atom is 0.341 e. The topological polar surface area (TPSA) is 95.3 Å². The molecule has 0 unspecified atom stereocenters. The summed E-state index contributed by atoms with van der Waals surface area (Å²) in [4.78, 5) is 26.4. The first kappa shape index (κ1) is 26.2. The molecule has 190 valence electrons. The SMILES string of the molecule is C=CCn1c(COc2ccc(F)c(Cl)c2)nnc1SCC(=O)Nc1sc2c(c1C(=O)OCC)CCC2. The van der Waals surface area contributed by atoms with Crippen LogP contribution in [0.2, 0.25) is 5.02 Å². The van der Waals surface area contributed by atoms with Gasteiger partial charge in [0.25, 0.3) is 0 Å². The van der Waals surface area contributed by atoms with Crippen LogP contribution >= 0.6 is 34.7 Å². The van der Waals surface area contributed by atoms with Gasteiger partial charge < -0.3 is 14.8 Å². The van der Waals surface area contributed by atoms with Gasteiger partial charge in [-0.15, -0.1) is 28.1 Å². The summed E-state index contributed by atoms with van der Waals surface area (Å²) in [5.41, 5.74) is 1.46. The number of halogens is 2. The second-order valence-electron chi connectivity index (χ2n) is 7.78. The number of ether oxygens (including phenoxy) is 2. The first-order valence-electron chi connectivity index (χ1n) is 11.3. The Morgan fingerprint density at radius 2 is 2.19 bits per heavy atom. The molecule has 2 aromatic heterocycles. The molecular formula is C24H24ClFN4O4S2. The highest BCUT2D eigenvalue weighted by Crippen LogP contribution is 2.39. The van der Waals surface area contributed by atoms with Crippen molar-refractivity contribution < 1.29 is 23.5 Å². The van der Waals surface area contributed by atoms with Crippen LogP contribution in [0.15, 0.2) is 36.0 Å². The highest BCUT2D eigenvalue weighted by molar-refractivity contribution is 7.99. The zero-order valence-electron chi connectivity index (χ0n) is 19.5. The number of amides is 1. The minimum atomic E-state index is -0.530. The molecule has 1 amide bonds. The summed E-state index contributed by atoms with van der Waals surface area (Å²) >= 11 is 8.45. The number of anilines is 1. The smallest absolute Gasteiger partial charge is 0.341 e. The fraction of sp³-hybridized carbons (Fsp3) is 0.333. The average molecular weight is 551 g/mol. The van der Waals surface area contributed by atoms with Crippen LogP contribution in [0.4, 0.5) is 9.39 Å². The van der Waals surface area contributed by atoms with Crippen molar-refractivity contribution in [1.82, 2.24) is 14.8 Å². The van der Waals surface area contributed by atoms with Gasteiger partial charge >= 0.3 is 5.97 Å². The lowest BCUT2D eigenvalue weighted by atomic mass is 10.1. The Hall–Kier alpha value is -2.89. The third-order valence-corrected chi connectivity index (χ3v) is 7.81. The van der Waals surface area contributed by atoms with Crippen LogP contribution in [0.5, 0.6) is 5.75 Å². The molecule has 0 atom stereocenters. The van der Waals surface area contributed by atoms with Crippen LogP contribution in [-0.2, 0) is 35.5 Å². The number of carbonyl (C=O) groups is 2. The summed E-state index contributed by atoms with van der Waals surface area (Å²) in [5.74, 6) is -0.234. The van der Waals surface area contributed by atoms with Gasteiger partial charge in [-0.25, -0.2) is 9.18 Å². The number of rotatable bonds is 11. The van der Waals surface area contributed by atoms with Crippen LogP contribution < -0.4 is 10.1 Å². The molecule has 0 saturated heterocycles. The number of benzene rings is 1. The molecule has 0 radical (unpaired) electrons. The number of thioether (sulfide) groups is 1. The molecule has 3 aromatic rings. The number of carbonyl (C=O) groups excluding carboxylic acids is 2. The van der Waals surface area contributed by atoms with E-state index in [0.717, 1.165) is 29.7 Å². The summed E-state index contributed by atoms with van der Waals surface area (Å²) < 4.78 is 26.0. The largest absolute Gasteiger partial charge is 0.486 e. The fourth-order valence-corrected chi connectivity index (χ4v) is 5.99. The Morgan fingerprint density at radius 1 is 1.36 bits per heavy atom. The van der Waals surface area contributed by atoms with E-state index in [0.29, 0.717) is 33.8 Å². The third kappa shape index (κ3) is 5.91. The van der Waals surface area contributed by atoms with E-state index in [-0.39, 0.29) is 29.9 Å². The van der Waals surface area contributed by atoms with Crippen molar-refractivity contribution in [3.8, 4) is 5.75 Å². The first-order valence-corrected chi connectivity index (χ1v) is 13.4. The molecule has 12 heteroatoms. The Bertz CT molecular complexity index is 1290. The molecule has 1 aromatic carbocycles. The normalized spacial score (nSPS) is 12.3. The minimum absolute atomic E-state index is 0.0376. The van der Waals surface area contributed by atoms with Gasteiger partial charge in [-0.05, 0) is 43.9 Å². The monoisotopic (exact) mass is 550 g/mol. The average Bonchev–Trinajstić information content (AvgIpc) is 3.54. The van der Waals surface area contributed by atoms with E-state index in [1.807, 2.05) is 0 Å². The van der Waals surface area contributed by atoms with Crippen molar-refractivity contribution >= 4 is 51.6 Å². The summed E-state index contributed by atoms with van der Waals surface area (Å²) in [7, 11) is 0. The molecule has 1 aliphatic carbocycles. The molecule has 1 N–H and O–H groups in total. The van der Waals surface area contributed by atoms with Crippen molar-refractivity contribution in [2.24, 2.45) is 0 Å². The molecule has 0 spiro atoms. The summed E-state index contributed by atoms with van der Waals surface area (Å²) in [6, 6.07) is 4.08. The van der Waals surface area contributed by atoms with E-state index in [1.165, 1.54) is 41.3 Å². The second kappa shape index (κ2) is 11.9. The Balaban J connectivity index is 1.41. The van der Waals surface area contributed by atoms with Crippen LogP contribution in [0, 0.1) is 5.82 Å². The number of fused-ring (bicyclic) bond motifs is 1. The quantitative estimate of drug-likeness (QED) is 0.197. The molecule has 4 rings (SSSR count). The standard InChI is InChI=1S/C24H24ClFN4O4S2/c1-3-10-30-19(12-34-14-8-9-17(26)16(25)11-14)28-29-24(30)35-13-20(31)27-22-21(23(32)33-4-2)15-6-5-7-18(15)36-22/h3,8-9,11H,1,4-7,10,12-13H2,2H3,(H,27,31). The molecule has 1 aliphatic rings. The summed E-state index contributed by atoms with van der Waals surface area (Å²) in [5, 5.41) is 12.2.